The van der Waals surface area contributed by atoms with Gasteiger partial charge in [0.1, 0.15) is 0 Å². The highest BCUT2D eigenvalue weighted by Crippen LogP contribution is 1.94. The van der Waals surface area contributed by atoms with Crippen LogP contribution in [0.2, 0.25) is 4.55 Å². The van der Waals surface area contributed by atoms with Gasteiger partial charge >= 0.3 is 16.5 Å². The Morgan fingerprint density at radius 1 is 1.50 bits per heavy atom. The van der Waals surface area contributed by atoms with Crippen molar-refractivity contribution in [2.75, 3.05) is 0 Å². The Kier molecular flexibility index (Phi) is 9.51. The van der Waals surface area contributed by atoms with Crippen molar-refractivity contribution in [3.63, 3.8) is 0 Å². The first kappa shape index (κ1) is 9.24. The summed E-state index contributed by atoms with van der Waals surface area (Å²) >= 11 is 2.85. The van der Waals surface area contributed by atoms with E-state index in [4.69, 9.17) is 0 Å². The molecule has 2 heteroatoms. The van der Waals surface area contributed by atoms with Gasteiger partial charge < -0.3 is 18.9 Å². The molecule has 0 spiro atoms. The van der Waals surface area contributed by atoms with Gasteiger partial charge in [0.15, 0.2) is 0 Å². The third-order valence-electron chi connectivity index (χ3n) is 0.907. The SMILES string of the molecule is CCC=CC[CH2][Mg][I]. The lowest BCUT2D eigenvalue weighted by Crippen LogP contribution is -1.71. The van der Waals surface area contributed by atoms with Crippen molar-refractivity contribution in [2.45, 2.75) is 24.3 Å². The molecule has 0 rings (SSSR count). The van der Waals surface area contributed by atoms with Crippen molar-refractivity contribution in [3.8, 4) is 0 Å². The number of allylic oxidation sites excluding steroid dienone is 2. The maximum Gasteiger partial charge on any atom is 0.464 e. The maximum absolute atomic E-state index is 2.54. The summed E-state index contributed by atoms with van der Waals surface area (Å²) < 4.78 is 1.47. The molecule has 0 amide bonds. The minimum atomic E-state index is 0.305. The molecular weight excluding hydrogens is 223 g/mol. The zero-order valence-electron chi connectivity index (χ0n) is 5.36. The Morgan fingerprint density at radius 2 is 2.25 bits per heavy atom. The lowest BCUT2D eigenvalue weighted by Gasteiger charge is -1.82. The van der Waals surface area contributed by atoms with Crippen LogP contribution in [0.1, 0.15) is 19.8 Å². The number of rotatable bonds is 4. The Labute approximate surface area is 71.2 Å². The van der Waals surface area contributed by atoms with Crippen molar-refractivity contribution in [3.05, 3.63) is 12.2 Å². The van der Waals surface area contributed by atoms with E-state index in [0.29, 0.717) is 16.5 Å². The molecule has 0 N–H and O–H groups in total. The van der Waals surface area contributed by atoms with E-state index in [1.165, 1.54) is 17.4 Å². The standard InChI is InChI=1S/C6H11.HI.Mg/c1-3-5-6-4-2;;/h5-6H,1,3-4H2,2H3;1H;/q;;+1/p-1. The molecule has 0 aliphatic carbocycles. The van der Waals surface area contributed by atoms with Gasteiger partial charge in [-0.15, -0.1) is 4.55 Å². The van der Waals surface area contributed by atoms with E-state index in [2.05, 4.69) is 37.9 Å². The highest BCUT2D eigenvalue weighted by molar-refractivity contribution is 14.1. The zero-order valence-corrected chi connectivity index (χ0v) is 8.93. The molecule has 0 fully saturated rings. The lowest BCUT2D eigenvalue weighted by molar-refractivity contribution is 1.15. The van der Waals surface area contributed by atoms with Crippen LogP contribution in [-0.4, -0.2) is 16.5 Å². The minimum Gasteiger partial charge on any atom is -0.301 e. The molecular formula is C6H11IMg. The molecule has 0 aliphatic rings. The highest BCUT2D eigenvalue weighted by atomic mass is 127. The van der Waals surface area contributed by atoms with Crippen molar-refractivity contribution < 1.29 is 0 Å². The second kappa shape index (κ2) is 8.24. The Morgan fingerprint density at radius 3 is 2.75 bits per heavy atom. The number of halogens is 1. The van der Waals surface area contributed by atoms with Crippen LogP contribution in [0.25, 0.3) is 0 Å². The Hall–Kier alpha value is 1.24. The van der Waals surface area contributed by atoms with Gasteiger partial charge in [0.05, 0.1) is 0 Å². The van der Waals surface area contributed by atoms with Gasteiger partial charge in [-0.1, -0.05) is 25.5 Å². The van der Waals surface area contributed by atoms with Crippen LogP contribution in [0.15, 0.2) is 12.2 Å². The largest absolute Gasteiger partial charge is 0.464 e. The molecule has 44 valence electrons. The van der Waals surface area contributed by atoms with E-state index in [1.54, 1.807) is 0 Å². The molecule has 0 saturated heterocycles. The monoisotopic (exact) mass is 234 g/mol. The first-order valence-electron chi connectivity index (χ1n) is 3.12. The van der Waals surface area contributed by atoms with E-state index in [-0.39, 0.29) is 0 Å². The van der Waals surface area contributed by atoms with Gasteiger partial charge in [-0.25, -0.2) is 0 Å². The Bertz CT molecular complexity index is 61.5. The summed E-state index contributed by atoms with van der Waals surface area (Å²) in [5.74, 6) is 0. The van der Waals surface area contributed by atoms with E-state index in [0.717, 1.165) is 0 Å². The van der Waals surface area contributed by atoms with Gasteiger partial charge in [-0.2, -0.15) is 0 Å². The molecule has 0 heterocycles. The van der Waals surface area contributed by atoms with E-state index >= 15 is 0 Å². The molecule has 0 atom stereocenters. The average molecular weight is 234 g/mol. The van der Waals surface area contributed by atoms with Crippen LogP contribution < -0.4 is 0 Å². The molecule has 0 nitrogen and oxygen atoms in total. The van der Waals surface area contributed by atoms with E-state index < -0.39 is 0 Å². The third-order valence-corrected chi connectivity index (χ3v) is 3.87. The van der Waals surface area contributed by atoms with Crippen molar-refractivity contribution in [1.82, 2.24) is 0 Å². The molecule has 0 bridgehead atoms. The van der Waals surface area contributed by atoms with Crippen molar-refractivity contribution in [1.29, 1.82) is 0 Å². The first-order chi connectivity index (χ1) is 3.91. The summed E-state index contributed by atoms with van der Waals surface area (Å²) in [5, 5.41) is 0. The average Bonchev–Trinajstić information content (AvgIpc) is 1.81. The van der Waals surface area contributed by atoms with Crippen LogP contribution in [0.4, 0.5) is 0 Å². The van der Waals surface area contributed by atoms with Crippen LogP contribution in [0, 0.1) is 0 Å². The van der Waals surface area contributed by atoms with Gasteiger partial charge in [-0.3, -0.25) is 0 Å². The summed E-state index contributed by atoms with van der Waals surface area (Å²) in [5.41, 5.74) is 0. The summed E-state index contributed by atoms with van der Waals surface area (Å²) in [6, 6.07) is 0. The molecule has 0 aliphatic heterocycles. The van der Waals surface area contributed by atoms with Crippen LogP contribution in [0.3, 0.4) is 0 Å². The minimum absolute atomic E-state index is 0.305. The van der Waals surface area contributed by atoms with Crippen LogP contribution in [-0.2, 0) is 0 Å². The molecule has 0 radical (unpaired) electrons. The fourth-order valence-corrected chi connectivity index (χ4v) is 2.19. The molecule has 8 heavy (non-hydrogen) atoms. The fourth-order valence-electron chi connectivity index (χ4n) is 0.480. The van der Waals surface area contributed by atoms with Crippen LogP contribution in [0.5, 0.6) is 0 Å². The summed E-state index contributed by atoms with van der Waals surface area (Å²) in [6.07, 6.45) is 7.07. The van der Waals surface area contributed by atoms with E-state index in [1.807, 2.05) is 0 Å². The third kappa shape index (κ3) is 7.24. The number of hydrogen-bond donors (Lipinski definition) is 0. The van der Waals surface area contributed by atoms with Gasteiger partial charge in [0.2, 0.25) is 0 Å². The van der Waals surface area contributed by atoms with Gasteiger partial charge in [0, 0.05) is 0 Å². The topological polar surface area (TPSA) is 0 Å². The quantitative estimate of drug-likeness (QED) is 0.304. The molecule has 0 aromatic heterocycles. The maximum atomic E-state index is 2.54. The predicted octanol–water partition coefficient (Wildman–Crippen LogP) is 2.82. The summed E-state index contributed by atoms with van der Waals surface area (Å²) in [4.78, 5) is 0. The summed E-state index contributed by atoms with van der Waals surface area (Å²) in [7, 11) is 0. The molecule has 0 aromatic carbocycles. The molecule has 0 aromatic rings. The van der Waals surface area contributed by atoms with Crippen molar-refractivity contribution >= 4 is 35.3 Å². The second-order valence-corrected chi connectivity index (χ2v) is 6.03. The van der Waals surface area contributed by atoms with Crippen LogP contribution >= 0.6 is 18.9 Å². The fraction of sp³-hybridized carbons (Fsp3) is 0.667. The van der Waals surface area contributed by atoms with Gasteiger partial charge in [-0.05, 0) is 6.42 Å². The summed E-state index contributed by atoms with van der Waals surface area (Å²) in [6.45, 7) is 2.18. The predicted molar refractivity (Wildman–Crippen MR) is 48.6 cm³/mol. The lowest BCUT2D eigenvalue weighted by atomic mass is 10.3. The smallest absolute Gasteiger partial charge is 0.301 e. The second-order valence-electron chi connectivity index (χ2n) is 1.71. The van der Waals surface area contributed by atoms with E-state index in [9.17, 15) is 0 Å². The van der Waals surface area contributed by atoms with Gasteiger partial charge in [0.25, 0.3) is 0 Å². The number of hydrogen-bond acceptors (Lipinski definition) is 0. The molecule has 0 unspecified atom stereocenters. The zero-order chi connectivity index (χ0) is 6.24. The normalized spacial score (nSPS) is 9.75. The first-order valence-corrected chi connectivity index (χ1v) is 9.24. The van der Waals surface area contributed by atoms with Crippen molar-refractivity contribution in [2.24, 2.45) is 0 Å². The molecule has 0 saturated carbocycles. The Balaban J connectivity index is 2.80. The highest BCUT2D eigenvalue weighted by Gasteiger charge is 1.83.